The molecule has 0 atom stereocenters. The fourth-order valence-electron chi connectivity index (χ4n) is 1.91. The van der Waals surface area contributed by atoms with Crippen LogP contribution in [0.5, 0.6) is 0 Å². The van der Waals surface area contributed by atoms with E-state index in [0.717, 1.165) is 31.9 Å². The zero-order valence-electron chi connectivity index (χ0n) is 10.3. The van der Waals surface area contributed by atoms with Crippen molar-refractivity contribution in [3.05, 3.63) is 48.3 Å². The van der Waals surface area contributed by atoms with Gasteiger partial charge in [-0.25, -0.2) is 4.98 Å². The lowest BCUT2D eigenvalue weighted by Crippen LogP contribution is -2.07. The Morgan fingerprint density at radius 3 is 2.82 bits per heavy atom. The predicted molar refractivity (Wildman–Crippen MR) is 71.2 cm³/mol. The second-order valence-corrected chi connectivity index (χ2v) is 4.06. The predicted octanol–water partition coefficient (Wildman–Crippen LogP) is 2.95. The van der Waals surface area contributed by atoms with E-state index in [1.807, 2.05) is 12.4 Å². The Kier molecular flexibility index (Phi) is 4.19. The minimum absolute atomic E-state index is 0.912. The van der Waals surface area contributed by atoms with Gasteiger partial charge in [-0.15, -0.1) is 0 Å². The summed E-state index contributed by atoms with van der Waals surface area (Å²) in [6, 6.07) is 10.6. The first-order valence-electron chi connectivity index (χ1n) is 6.19. The highest BCUT2D eigenvalue weighted by atomic mass is 15.2. The normalized spacial score (nSPS) is 10.4. The van der Waals surface area contributed by atoms with Crippen LogP contribution in [0, 0.1) is 0 Å². The number of aromatic nitrogens is 2. The van der Waals surface area contributed by atoms with Crippen molar-refractivity contribution in [2.24, 2.45) is 0 Å². The molecule has 1 aromatic heterocycles. The molecule has 1 N–H and O–H groups in total. The zero-order valence-corrected chi connectivity index (χ0v) is 10.3. The van der Waals surface area contributed by atoms with Crippen LogP contribution in [0.15, 0.2) is 42.7 Å². The standard InChI is InChI=1S/C14H19N3/c1-2-15-14-16-10-12-17(14)11-6-9-13-7-4-3-5-8-13/h3-5,7-8,10,12H,2,6,9,11H2,1H3,(H,15,16). The summed E-state index contributed by atoms with van der Waals surface area (Å²) in [7, 11) is 0. The summed E-state index contributed by atoms with van der Waals surface area (Å²) in [4.78, 5) is 4.28. The van der Waals surface area contributed by atoms with Gasteiger partial charge in [-0.05, 0) is 25.3 Å². The number of imidazole rings is 1. The Morgan fingerprint density at radius 1 is 1.24 bits per heavy atom. The van der Waals surface area contributed by atoms with E-state index in [9.17, 15) is 0 Å². The van der Waals surface area contributed by atoms with Crippen molar-refractivity contribution in [1.29, 1.82) is 0 Å². The van der Waals surface area contributed by atoms with Crippen molar-refractivity contribution in [2.75, 3.05) is 11.9 Å². The molecule has 0 unspecified atom stereocenters. The molecule has 0 fully saturated rings. The number of nitrogens with one attached hydrogen (secondary N) is 1. The molecule has 0 spiro atoms. The molecule has 0 saturated carbocycles. The van der Waals surface area contributed by atoms with Gasteiger partial charge in [0.05, 0.1) is 0 Å². The second-order valence-electron chi connectivity index (χ2n) is 4.06. The first-order valence-corrected chi connectivity index (χ1v) is 6.19. The minimum Gasteiger partial charge on any atom is -0.356 e. The number of rotatable bonds is 6. The molecule has 0 bridgehead atoms. The van der Waals surface area contributed by atoms with Crippen molar-refractivity contribution in [3.63, 3.8) is 0 Å². The third kappa shape index (κ3) is 3.34. The maximum Gasteiger partial charge on any atom is 0.202 e. The van der Waals surface area contributed by atoms with Gasteiger partial charge in [0, 0.05) is 25.5 Å². The van der Waals surface area contributed by atoms with Crippen LogP contribution >= 0.6 is 0 Å². The van der Waals surface area contributed by atoms with Crippen molar-refractivity contribution in [1.82, 2.24) is 9.55 Å². The Bertz CT molecular complexity index is 434. The fourth-order valence-corrected chi connectivity index (χ4v) is 1.91. The first kappa shape index (κ1) is 11.7. The van der Waals surface area contributed by atoms with Crippen molar-refractivity contribution in [3.8, 4) is 0 Å². The van der Waals surface area contributed by atoms with Crippen LogP contribution in [0.4, 0.5) is 5.95 Å². The third-order valence-electron chi connectivity index (χ3n) is 2.76. The second kappa shape index (κ2) is 6.09. The monoisotopic (exact) mass is 229 g/mol. The van der Waals surface area contributed by atoms with Crippen LogP contribution < -0.4 is 5.32 Å². The van der Waals surface area contributed by atoms with Crippen molar-refractivity contribution in [2.45, 2.75) is 26.3 Å². The van der Waals surface area contributed by atoms with Crippen LogP contribution in [0.1, 0.15) is 18.9 Å². The number of hydrogen-bond acceptors (Lipinski definition) is 2. The Hall–Kier alpha value is -1.77. The number of benzene rings is 1. The van der Waals surface area contributed by atoms with Gasteiger partial charge in [0.1, 0.15) is 0 Å². The van der Waals surface area contributed by atoms with E-state index in [4.69, 9.17) is 0 Å². The maximum atomic E-state index is 4.28. The Labute approximate surface area is 103 Å². The van der Waals surface area contributed by atoms with Crippen molar-refractivity contribution >= 4 is 5.95 Å². The highest BCUT2D eigenvalue weighted by molar-refractivity contribution is 5.25. The van der Waals surface area contributed by atoms with Crippen LogP contribution in [-0.2, 0) is 13.0 Å². The maximum absolute atomic E-state index is 4.28. The van der Waals surface area contributed by atoms with Gasteiger partial charge in [-0.2, -0.15) is 0 Å². The highest BCUT2D eigenvalue weighted by Crippen LogP contribution is 2.08. The van der Waals surface area contributed by atoms with Gasteiger partial charge >= 0.3 is 0 Å². The third-order valence-corrected chi connectivity index (χ3v) is 2.76. The molecule has 3 heteroatoms. The first-order chi connectivity index (χ1) is 8.40. The minimum atomic E-state index is 0.912. The zero-order chi connectivity index (χ0) is 11.9. The van der Waals surface area contributed by atoms with Crippen molar-refractivity contribution < 1.29 is 0 Å². The molecular weight excluding hydrogens is 210 g/mol. The number of aryl methyl sites for hydroxylation is 2. The molecule has 0 amide bonds. The number of hydrogen-bond donors (Lipinski definition) is 1. The van der Waals surface area contributed by atoms with E-state index in [1.54, 1.807) is 0 Å². The number of anilines is 1. The van der Waals surface area contributed by atoms with Crippen LogP contribution in [0.25, 0.3) is 0 Å². The van der Waals surface area contributed by atoms with E-state index >= 15 is 0 Å². The molecular formula is C14H19N3. The van der Waals surface area contributed by atoms with E-state index < -0.39 is 0 Å². The molecule has 0 aliphatic rings. The summed E-state index contributed by atoms with van der Waals surface area (Å²) < 4.78 is 2.17. The average Bonchev–Trinajstić information content (AvgIpc) is 2.79. The van der Waals surface area contributed by atoms with Crippen LogP contribution in [0.3, 0.4) is 0 Å². The lowest BCUT2D eigenvalue weighted by Gasteiger charge is -2.08. The molecule has 0 radical (unpaired) electrons. The van der Waals surface area contributed by atoms with E-state index in [2.05, 4.69) is 52.1 Å². The quantitative estimate of drug-likeness (QED) is 0.825. The topological polar surface area (TPSA) is 29.9 Å². The lowest BCUT2D eigenvalue weighted by molar-refractivity contribution is 0.646. The molecule has 1 aromatic carbocycles. The van der Waals surface area contributed by atoms with Gasteiger partial charge in [-0.1, -0.05) is 30.3 Å². The average molecular weight is 229 g/mol. The molecule has 1 heterocycles. The van der Waals surface area contributed by atoms with Gasteiger partial charge in [-0.3, -0.25) is 0 Å². The largest absolute Gasteiger partial charge is 0.356 e. The van der Waals surface area contributed by atoms with Crippen LogP contribution in [-0.4, -0.2) is 16.1 Å². The fraction of sp³-hybridized carbons (Fsp3) is 0.357. The van der Waals surface area contributed by atoms with E-state index in [1.165, 1.54) is 5.56 Å². The van der Waals surface area contributed by atoms with Gasteiger partial charge < -0.3 is 9.88 Å². The van der Waals surface area contributed by atoms with Gasteiger partial charge in [0.25, 0.3) is 0 Å². The summed E-state index contributed by atoms with van der Waals surface area (Å²) in [5.41, 5.74) is 1.40. The highest BCUT2D eigenvalue weighted by Gasteiger charge is 2.00. The summed E-state index contributed by atoms with van der Waals surface area (Å²) in [5, 5.41) is 3.26. The SMILES string of the molecule is CCNc1nccn1CCCc1ccccc1. The molecule has 17 heavy (non-hydrogen) atoms. The van der Waals surface area contributed by atoms with E-state index in [-0.39, 0.29) is 0 Å². The van der Waals surface area contributed by atoms with E-state index in [0.29, 0.717) is 0 Å². The van der Waals surface area contributed by atoms with Gasteiger partial charge in [0.2, 0.25) is 5.95 Å². The number of nitrogens with zero attached hydrogens (tertiary/aromatic N) is 2. The Morgan fingerprint density at radius 2 is 2.06 bits per heavy atom. The molecule has 2 aromatic rings. The summed E-state index contributed by atoms with van der Waals surface area (Å²) in [6.07, 6.45) is 6.13. The molecule has 0 saturated heterocycles. The smallest absolute Gasteiger partial charge is 0.202 e. The Balaban J connectivity index is 1.84. The van der Waals surface area contributed by atoms with Gasteiger partial charge in [0.15, 0.2) is 0 Å². The molecule has 0 aliphatic carbocycles. The summed E-state index contributed by atoms with van der Waals surface area (Å²) in [5.74, 6) is 0.973. The summed E-state index contributed by atoms with van der Waals surface area (Å²) >= 11 is 0. The molecule has 90 valence electrons. The molecule has 2 rings (SSSR count). The molecule has 0 aliphatic heterocycles. The summed E-state index contributed by atoms with van der Waals surface area (Å²) in [6.45, 7) is 4.01. The molecule has 3 nitrogen and oxygen atoms in total. The lowest BCUT2D eigenvalue weighted by atomic mass is 10.1. The van der Waals surface area contributed by atoms with Crippen LogP contribution in [0.2, 0.25) is 0 Å².